The van der Waals surface area contributed by atoms with Crippen LogP contribution in [0, 0.1) is 5.92 Å². The van der Waals surface area contributed by atoms with Gasteiger partial charge in [0.15, 0.2) is 0 Å². The second kappa shape index (κ2) is 10.9. The summed E-state index contributed by atoms with van der Waals surface area (Å²) < 4.78 is 0. The third-order valence-corrected chi connectivity index (χ3v) is 4.31. The van der Waals surface area contributed by atoms with Crippen molar-refractivity contribution in [1.29, 1.82) is 0 Å². The Hall–Kier alpha value is -1.76. The van der Waals surface area contributed by atoms with Gasteiger partial charge >= 0.3 is 0 Å². The Morgan fingerprint density at radius 2 is 1.74 bits per heavy atom. The third kappa shape index (κ3) is 5.74. The average Bonchev–Trinajstić information content (AvgIpc) is 2.91. The monoisotopic (exact) mass is 311 g/mol. The lowest BCUT2D eigenvalue weighted by Crippen LogP contribution is -2.23. The topological polar surface area (TPSA) is 15.8 Å². The second-order valence-electron chi connectivity index (χ2n) is 6.08. The minimum Gasteiger partial charge on any atom is -0.355 e. The summed E-state index contributed by atoms with van der Waals surface area (Å²) in [7, 11) is 0. The van der Waals surface area contributed by atoms with E-state index in [2.05, 4.69) is 57.1 Å². The number of H-pyrrole nitrogens is 1. The van der Waals surface area contributed by atoms with Crippen LogP contribution < -0.4 is 10.6 Å². The van der Waals surface area contributed by atoms with Gasteiger partial charge in [0, 0.05) is 21.8 Å². The quantitative estimate of drug-likeness (QED) is 0.592. The SMILES string of the molecule is C=C/C=c1/[nH]c(C=C)c(/C=C\C(CCCC)CCCC)/c1=C/C. The number of rotatable bonds is 10. The normalized spacial score (nSPS) is 13.4. The van der Waals surface area contributed by atoms with E-state index in [1.54, 1.807) is 0 Å². The van der Waals surface area contributed by atoms with Crippen LogP contribution in [0.15, 0.2) is 25.3 Å². The molecule has 1 aromatic heterocycles. The predicted octanol–water partition coefficient (Wildman–Crippen LogP) is 5.43. The summed E-state index contributed by atoms with van der Waals surface area (Å²) in [6, 6.07) is 0. The molecule has 1 heterocycles. The lowest BCUT2D eigenvalue weighted by molar-refractivity contribution is 0.499. The van der Waals surface area contributed by atoms with E-state index in [0.29, 0.717) is 5.92 Å². The summed E-state index contributed by atoms with van der Waals surface area (Å²) in [6.07, 6.45) is 20.3. The van der Waals surface area contributed by atoms with Gasteiger partial charge in [-0.25, -0.2) is 0 Å². The molecular formula is C22H33N. The van der Waals surface area contributed by atoms with Crippen molar-refractivity contribution in [1.82, 2.24) is 4.98 Å². The molecule has 1 heteroatoms. The number of aromatic nitrogens is 1. The van der Waals surface area contributed by atoms with E-state index < -0.39 is 0 Å². The summed E-state index contributed by atoms with van der Waals surface area (Å²) in [4.78, 5) is 3.43. The zero-order valence-corrected chi connectivity index (χ0v) is 15.2. The molecule has 0 radical (unpaired) electrons. The zero-order chi connectivity index (χ0) is 17.1. The van der Waals surface area contributed by atoms with Gasteiger partial charge in [-0.3, -0.25) is 0 Å². The molecule has 1 aromatic rings. The van der Waals surface area contributed by atoms with E-state index in [4.69, 9.17) is 0 Å². The van der Waals surface area contributed by atoms with Crippen molar-refractivity contribution >= 4 is 24.3 Å². The average molecular weight is 312 g/mol. The number of hydrogen-bond acceptors (Lipinski definition) is 0. The standard InChI is InChI=1S/C22H33N/c1-6-11-14-18(15-12-7-2)16-17-20-19(9-4)22(13-8-3)23-21(20)10-5/h8-10,13,16-18,23H,3,5-7,11-12,14-15H2,1-2,4H3/b17-16-,19-9-,22-13+. The molecule has 0 atom stereocenters. The van der Waals surface area contributed by atoms with Crippen molar-refractivity contribution in [2.24, 2.45) is 5.92 Å². The van der Waals surface area contributed by atoms with E-state index >= 15 is 0 Å². The summed E-state index contributed by atoms with van der Waals surface area (Å²) in [5.41, 5.74) is 2.33. The van der Waals surface area contributed by atoms with Crippen LogP contribution in [0.25, 0.3) is 24.3 Å². The highest BCUT2D eigenvalue weighted by Gasteiger charge is 2.06. The molecule has 126 valence electrons. The number of hydrogen-bond donors (Lipinski definition) is 1. The number of unbranched alkanes of at least 4 members (excludes halogenated alkanes) is 2. The van der Waals surface area contributed by atoms with Crippen LogP contribution in [0.3, 0.4) is 0 Å². The first-order chi connectivity index (χ1) is 11.2. The minimum atomic E-state index is 0.680. The molecule has 23 heavy (non-hydrogen) atoms. The molecule has 0 amide bonds. The van der Waals surface area contributed by atoms with Gasteiger partial charge in [0.2, 0.25) is 0 Å². The lowest BCUT2D eigenvalue weighted by Gasteiger charge is -2.11. The maximum atomic E-state index is 3.95. The Morgan fingerprint density at radius 3 is 2.22 bits per heavy atom. The molecule has 0 unspecified atom stereocenters. The minimum absolute atomic E-state index is 0.680. The molecule has 0 aliphatic heterocycles. The molecule has 0 spiro atoms. The highest BCUT2D eigenvalue weighted by Crippen LogP contribution is 2.19. The molecule has 1 nitrogen and oxygen atoms in total. The van der Waals surface area contributed by atoms with Gasteiger partial charge < -0.3 is 4.98 Å². The second-order valence-corrected chi connectivity index (χ2v) is 6.08. The van der Waals surface area contributed by atoms with E-state index in [9.17, 15) is 0 Å². The van der Waals surface area contributed by atoms with E-state index in [-0.39, 0.29) is 0 Å². The fourth-order valence-electron chi connectivity index (χ4n) is 2.97. The maximum Gasteiger partial charge on any atom is 0.0461 e. The summed E-state index contributed by atoms with van der Waals surface area (Å²) in [6.45, 7) is 14.4. The van der Waals surface area contributed by atoms with Crippen molar-refractivity contribution in [3.8, 4) is 0 Å². The fraction of sp³-hybridized carbons (Fsp3) is 0.455. The van der Waals surface area contributed by atoms with Crippen LogP contribution in [0.5, 0.6) is 0 Å². The molecule has 0 aliphatic carbocycles. The molecular weight excluding hydrogens is 278 g/mol. The molecule has 0 bridgehead atoms. The van der Waals surface area contributed by atoms with Crippen molar-refractivity contribution in [3.05, 3.63) is 47.1 Å². The van der Waals surface area contributed by atoms with Crippen LogP contribution in [0.4, 0.5) is 0 Å². The summed E-state index contributed by atoms with van der Waals surface area (Å²) in [5, 5.41) is 2.34. The molecule has 1 N–H and O–H groups in total. The molecule has 0 aliphatic rings. The molecule has 1 rings (SSSR count). The molecule has 0 fully saturated rings. The van der Waals surface area contributed by atoms with Crippen LogP contribution in [-0.4, -0.2) is 4.98 Å². The number of allylic oxidation sites excluding steroid dienone is 2. The maximum absolute atomic E-state index is 3.95. The first-order valence-corrected chi connectivity index (χ1v) is 9.03. The van der Waals surface area contributed by atoms with E-state index in [0.717, 1.165) is 11.0 Å². The largest absolute Gasteiger partial charge is 0.355 e. The fourth-order valence-corrected chi connectivity index (χ4v) is 2.97. The van der Waals surface area contributed by atoms with Crippen LogP contribution in [-0.2, 0) is 0 Å². The Morgan fingerprint density at radius 1 is 1.09 bits per heavy atom. The van der Waals surface area contributed by atoms with Crippen molar-refractivity contribution in [3.63, 3.8) is 0 Å². The van der Waals surface area contributed by atoms with Gasteiger partial charge in [0.25, 0.3) is 0 Å². The van der Waals surface area contributed by atoms with Gasteiger partial charge in [-0.05, 0) is 37.8 Å². The van der Waals surface area contributed by atoms with Crippen molar-refractivity contribution in [2.45, 2.75) is 59.3 Å². The highest BCUT2D eigenvalue weighted by molar-refractivity contribution is 5.64. The van der Waals surface area contributed by atoms with Crippen molar-refractivity contribution in [2.75, 3.05) is 0 Å². The third-order valence-electron chi connectivity index (χ3n) is 4.31. The van der Waals surface area contributed by atoms with Crippen LogP contribution in [0.1, 0.15) is 70.6 Å². The Kier molecular flexibility index (Phi) is 9.12. The van der Waals surface area contributed by atoms with E-state index in [1.807, 2.05) is 18.2 Å². The van der Waals surface area contributed by atoms with Crippen LogP contribution >= 0.6 is 0 Å². The Labute approximate surface area is 142 Å². The highest BCUT2D eigenvalue weighted by atomic mass is 14.7. The van der Waals surface area contributed by atoms with Crippen molar-refractivity contribution < 1.29 is 0 Å². The van der Waals surface area contributed by atoms with Gasteiger partial charge in [-0.1, -0.05) is 77.0 Å². The van der Waals surface area contributed by atoms with E-state index in [1.165, 1.54) is 49.3 Å². The Balaban J connectivity index is 3.15. The predicted molar refractivity (Wildman–Crippen MR) is 107 cm³/mol. The van der Waals surface area contributed by atoms with Gasteiger partial charge in [-0.2, -0.15) is 0 Å². The number of aromatic amines is 1. The smallest absolute Gasteiger partial charge is 0.0461 e. The van der Waals surface area contributed by atoms with Gasteiger partial charge in [0.1, 0.15) is 0 Å². The summed E-state index contributed by atoms with van der Waals surface area (Å²) in [5.74, 6) is 0.680. The molecule has 0 aromatic carbocycles. The summed E-state index contributed by atoms with van der Waals surface area (Å²) >= 11 is 0. The van der Waals surface area contributed by atoms with Gasteiger partial charge in [0.05, 0.1) is 0 Å². The number of nitrogens with one attached hydrogen (secondary N) is 1. The Bertz CT molecular complexity index is 620. The first kappa shape index (κ1) is 19.3. The van der Waals surface area contributed by atoms with Crippen LogP contribution in [0.2, 0.25) is 0 Å². The molecule has 0 saturated heterocycles. The zero-order valence-electron chi connectivity index (χ0n) is 15.2. The van der Waals surface area contributed by atoms with Gasteiger partial charge in [-0.15, -0.1) is 0 Å². The lowest BCUT2D eigenvalue weighted by atomic mass is 9.94. The molecule has 0 saturated carbocycles. The first-order valence-electron chi connectivity index (χ1n) is 9.03.